The summed E-state index contributed by atoms with van der Waals surface area (Å²) in [6.07, 6.45) is 0.772. The summed E-state index contributed by atoms with van der Waals surface area (Å²) in [6, 6.07) is 4.61. The molecule has 3 aliphatic rings. The minimum Gasteiger partial charge on any atom is -0.442 e. The predicted octanol–water partition coefficient (Wildman–Crippen LogP) is 0.706. The van der Waals surface area contributed by atoms with Crippen LogP contribution in [0.15, 0.2) is 18.2 Å². The molecule has 3 saturated heterocycles. The highest BCUT2D eigenvalue weighted by Gasteiger charge is 2.41. The summed E-state index contributed by atoms with van der Waals surface area (Å²) >= 11 is 0. The fourth-order valence-corrected chi connectivity index (χ4v) is 4.79. The van der Waals surface area contributed by atoms with Gasteiger partial charge in [0.2, 0.25) is 11.8 Å². The molecule has 3 amide bonds. The van der Waals surface area contributed by atoms with E-state index in [4.69, 9.17) is 4.74 Å². The second-order valence-electron chi connectivity index (χ2n) is 8.31. The maximum absolute atomic E-state index is 15.0. The van der Waals surface area contributed by atoms with E-state index in [0.717, 1.165) is 12.8 Å². The van der Waals surface area contributed by atoms with Gasteiger partial charge >= 0.3 is 6.09 Å². The molecular weight excluding hydrogens is 407 g/mol. The van der Waals surface area contributed by atoms with Crippen molar-refractivity contribution < 1.29 is 28.6 Å². The van der Waals surface area contributed by atoms with Crippen LogP contribution in [0.1, 0.15) is 19.8 Å². The number of nitrogens with one attached hydrogen (secondary N) is 1. The largest absolute Gasteiger partial charge is 0.442 e. The van der Waals surface area contributed by atoms with Gasteiger partial charge in [-0.3, -0.25) is 14.5 Å². The smallest absolute Gasteiger partial charge is 0.414 e. The van der Waals surface area contributed by atoms with Gasteiger partial charge in [-0.25, -0.2) is 9.18 Å². The monoisotopic (exact) mass is 434 g/mol. The Bertz CT molecular complexity index is 881. The number of piperidine rings is 1. The highest BCUT2D eigenvalue weighted by atomic mass is 19.1. The standard InChI is InChI=1S/C21H27FN4O5/c1-13(28)23-8-16-10-26(21(30)31-16)15-4-5-18(17(22)7-15)24-9-14-3-2-6-25(19(14)11-24)20(29)12-27/h4-5,7,14,16,19,27H,2-3,6,8-12H2,1H3,(H,23,28). The number of ether oxygens (including phenoxy) is 1. The van der Waals surface area contributed by atoms with Crippen molar-refractivity contribution in [1.82, 2.24) is 10.2 Å². The molecule has 3 aliphatic heterocycles. The van der Waals surface area contributed by atoms with Crippen molar-refractivity contribution in [3.8, 4) is 0 Å². The number of rotatable bonds is 5. The number of carbonyl (C=O) groups is 3. The molecule has 0 bridgehead atoms. The first-order chi connectivity index (χ1) is 14.9. The van der Waals surface area contributed by atoms with Gasteiger partial charge in [0.25, 0.3) is 0 Å². The van der Waals surface area contributed by atoms with Crippen LogP contribution in [0.2, 0.25) is 0 Å². The number of likely N-dealkylation sites (tertiary alicyclic amines) is 1. The zero-order chi connectivity index (χ0) is 22.1. The molecule has 0 aromatic heterocycles. The van der Waals surface area contributed by atoms with Crippen LogP contribution in [0.4, 0.5) is 20.6 Å². The Balaban J connectivity index is 1.45. The average molecular weight is 434 g/mol. The van der Waals surface area contributed by atoms with Gasteiger partial charge < -0.3 is 25.0 Å². The number of aliphatic hydroxyl groups excluding tert-OH is 1. The van der Waals surface area contributed by atoms with Gasteiger partial charge in [-0.2, -0.15) is 0 Å². The average Bonchev–Trinajstić information content (AvgIpc) is 3.34. The van der Waals surface area contributed by atoms with Crippen molar-refractivity contribution in [3.63, 3.8) is 0 Å². The van der Waals surface area contributed by atoms with Gasteiger partial charge in [-0.05, 0) is 37.0 Å². The van der Waals surface area contributed by atoms with E-state index in [0.29, 0.717) is 31.0 Å². The van der Waals surface area contributed by atoms with Crippen LogP contribution in [0.3, 0.4) is 0 Å². The topological polar surface area (TPSA) is 102 Å². The number of anilines is 2. The first-order valence-electron chi connectivity index (χ1n) is 10.5. The second kappa shape index (κ2) is 8.70. The van der Waals surface area contributed by atoms with Crippen LogP contribution in [-0.4, -0.2) is 79.4 Å². The number of fused-ring (bicyclic) bond motifs is 1. The molecule has 3 unspecified atom stereocenters. The summed E-state index contributed by atoms with van der Waals surface area (Å²) in [5, 5.41) is 11.9. The molecule has 3 atom stereocenters. The summed E-state index contributed by atoms with van der Waals surface area (Å²) < 4.78 is 20.3. The lowest BCUT2D eigenvalue weighted by Gasteiger charge is -2.36. The molecule has 0 aliphatic carbocycles. The van der Waals surface area contributed by atoms with Crippen molar-refractivity contribution >= 4 is 29.3 Å². The van der Waals surface area contributed by atoms with Gasteiger partial charge in [-0.1, -0.05) is 0 Å². The number of benzene rings is 1. The Morgan fingerprint density at radius 3 is 2.81 bits per heavy atom. The van der Waals surface area contributed by atoms with Gasteiger partial charge in [0.1, 0.15) is 18.5 Å². The number of nitrogens with zero attached hydrogens (tertiary/aromatic N) is 3. The van der Waals surface area contributed by atoms with E-state index in [2.05, 4.69) is 5.32 Å². The predicted molar refractivity (Wildman–Crippen MR) is 110 cm³/mol. The summed E-state index contributed by atoms with van der Waals surface area (Å²) in [5.74, 6) is -0.704. The lowest BCUT2D eigenvalue weighted by molar-refractivity contribution is -0.138. The molecule has 3 fully saturated rings. The Morgan fingerprint density at radius 1 is 1.29 bits per heavy atom. The lowest BCUT2D eigenvalue weighted by atomic mass is 9.92. The van der Waals surface area contributed by atoms with Crippen LogP contribution >= 0.6 is 0 Å². The van der Waals surface area contributed by atoms with Crippen LogP contribution in [0.25, 0.3) is 0 Å². The Kier molecular flexibility index (Phi) is 5.99. The third-order valence-corrected chi connectivity index (χ3v) is 6.27. The van der Waals surface area contributed by atoms with Crippen molar-refractivity contribution in [3.05, 3.63) is 24.0 Å². The lowest BCUT2D eigenvalue weighted by Crippen LogP contribution is -2.49. The summed E-state index contributed by atoms with van der Waals surface area (Å²) in [7, 11) is 0. The van der Waals surface area contributed by atoms with Crippen molar-refractivity contribution in [1.29, 1.82) is 0 Å². The fraction of sp³-hybridized carbons (Fsp3) is 0.571. The number of cyclic esters (lactones) is 1. The quantitative estimate of drug-likeness (QED) is 0.708. The molecule has 0 radical (unpaired) electrons. The number of hydrogen-bond acceptors (Lipinski definition) is 6. The second-order valence-corrected chi connectivity index (χ2v) is 8.31. The van der Waals surface area contributed by atoms with Gasteiger partial charge in [-0.15, -0.1) is 0 Å². The molecule has 0 spiro atoms. The number of amides is 3. The molecule has 10 heteroatoms. The molecule has 9 nitrogen and oxygen atoms in total. The van der Waals surface area contributed by atoms with Crippen molar-refractivity contribution in [2.45, 2.75) is 31.9 Å². The molecule has 168 valence electrons. The number of aliphatic hydroxyl groups is 1. The SMILES string of the molecule is CC(=O)NCC1CN(c2ccc(N3CC4CCCN(C(=O)CO)C4C3)c(F)c2)C(=O)O1. The first-order valence-corrected chi connectivity index (χ1v) is 10.5. The summed E-state index contributed by atoms with van der Waals surface area (Å²) in [4.78, 5) is 40.3. The van der Waals surface area contributed by atoms with E-state index >= 15 is 4.39 Å². The van der Waals surface area contributed by atoms with Gasteiger partial charge in [0.05, 0.1) is 30.5 Å². The highest BCUT2D eigenvalue weighted by Crippen LogP contribution is 2.36. The number of hydrogen-bond donors (Lipinski definition) is 2. The Morgan fingerprint density at radius 2 is 2.10 bits per heavy atom. The zero-order valence-electron chi connectivity index (χ0n) is 17.4. The van der Waals surface area contributed by atoms with Gasteiger partial charge in [0, 0.05) is 26.6 Å². The van der Waals surface area contributed by atoms with Gasteiger partial charge in [0.15, 0.2) is 0 Å². The molecule has 3 heterocycles. The van der Waals surface area contributed by atoms with E-state index < -0.39 is 24.6 Å². The van der Waals surface area contributed by atoms with E-state index in [1.165, 1.54) is 17.9 Å². The fourth-order valence-electron chi connectivity index (χ4n) is 4.79. The maximum Gasteiger partial charge on any atom is 0.414 e. The minimum absolute atomic E-state index is 0.0319. The summed E-state index contributed by atoms with van der Waals surface area (Å²) in [5.41, 5.74) is 0.821. The van der Waals surface area contributed by atoms with Crippen molar-refractivity contribution in [2.75, 3.05) is 49.1 Å². The third-order valence-electron chi connectivity index (χ3n) is 6.27. The van der Waals surface area contributed by atoms with E-state index in [1.807, 2.05) is 4.90 Å². The molecule has 31 heavy (non-hydrogen) atoms. The summed E-state index contributed by atoms with van der Waals surface area (Å²) in [6.45, 7) is 3.07. The molecule has 2 N–H and O–H groups in total. The molecule has 1 aromatic carbocycles. The Labute approximate surface area is 179 Å². The van der Waals surface area contributed by atoms with Crippen molar-refractivity contribution in [2.24, 2.45) is 5.92 Å². The highest BCUT2D eigenvalue weighted by molar-refractivity contribution is 5.90. The van der Waals surface area contributed by atoms with E-state index in [-0.39, 0.29) is 36.9 Å². The molecule has 0 saturated carbocycles. The minimum atomic E-state index is -0.576. The van der Waals surface area contributed by atoms with E-state index in [9.17, 15) is 19.5 Å². The first kappa shape index (κ1) is 21.4. The van der Waals surface area contributed by atoms with Crippen LogP contribution in [0, 0.1) is 11.7 Å². The van der Waals surface area contributed by atoms with Crippen LogP contribution < -0.4 is 15.1 Å². The normalized spacial score (nSPS) is 25.5. The molecule has 1 aromatic rings. The van der Waals surface area contributed by atoms with E-state index in [1.54, 1.807) is 17.0 Å². The zero-order valence-corrected chi connectivity index (χ0v) is 17.4. The number of carbonyl (C=O) groups excluding carboxylic acids is 3. The maximum atomic E-state index is 15.0. The number of halogens is 1. The van der Waals surface area contributed by atoms with Crippen LogP contribution in [0.5, 0.6) is 0 Å². The van der Waals surface area contributed by atoms with Crippen LogP contribution in [-0.2, 0) is 14.3 Å². The molecule has 4 rings (SSSR count). The Hall–Kier alpha value is -2.88. The third kappa shape index (κ3) is 4.30. The molecular formula is C21H27FN4O5.